The fourth-order valence-electron chi connectivity index (χ4n) is 9.97. The number of carbonyl (C=O) groups is 3. The number of hydrogen-bond donors (Lipinski definition) is 0. The van der Waals surface area contributed by atoms with E-state index in [0.717, 1.165) is 80.8 Å². The Morgan fingerprint density at radius 2 is 0.560 bits per heavy atom. The Balaban J connectivity index is 2.78. The molecule has 1 saturated carbocycles. The second kappa shape index (κ2) is 74.7. The van der Waals surface area contributed by atoms with Gasteiger partial charge < -0.3 is 33.6 Å². The number of rotatable bonds is 75. The van der Waals surface area contributed by atoms with Gasteiger partial charge in [0.2, 0.25) is 0 Å². The highest BCUT2D eigenvalue weighted by atomic mass is 33.5. The third kappa shape index (κ3) is 66.4. The Bertz CT molecular complexity index is 1570. The Morgan fingerprint density at radius 1 is 0.308 bits per heavy atom. The van der Waals surface area contributed by atoms with Gasteiger partial charge in [-0.15, -0.1) is 0 Å². The zero-order valence-corrected chi connectivity index (χ0v) is 68.1. The molecule has 0 amide bonds. The molecule has 0 aromatic heterocycles. The van der Waals surface area contributed by atoms with Gasteiger partial charge in [-0.05, 0) is 96.9 Å². The molecule has 10 nitrogen and oxygen atoms in total. The fourth-order valence-corrected chi connectivity index (χ4v) is 24.7. The predicted molar refractivity (Wildman–Crippen MR) is 429 cm³/mol. The lowest BCUT2D eigenvalue weighted by Gasteiger charge is -2.29. The number of hydrogen-bond acceptors (Lipinski definition) is 22. The van der Waals surface area contributed by atoms with Gasteiger partial charge in [-0.1, -0.05) is 294 Å². The lowest BCUT2D eigenvalue weighted by Crippen LogP contribution is -2.40. The van der Waals surface area contributed by atoms with Crippen LogP contribution < -0.4 is 0 Å². The van der Waals surface area contributed by atoms with E-state index in [9.17, 15) is 14.4 Å². The van der Waals surface area contributed by atoms with Gasteiger partial charge in [0.15, 0.2) is 0 Å². The highest BCUT2D eigenvalue weighted by Gasteiger charge is 2.20. The van der Waals surface area contributed by atoms with Crippen LogP contribution in [0.3, 0.4) is 0 Å². The number of unbranched alkanes of at least 4 members (excludes halogenated alkanes) is 28. The predicted octanol–water partition coefficient (Wildman–Crippen LogP) is 23.8. The molecule has 538 valence electrons. The first-order chi connectivity index (χ1) is 44.8. The number of allylic oxidation sites excluding steroid dienone is 1. The van der Waals surface area contributed by atoms with Gasteiger partial charge in [0.05, 0.1) is 31.6 Å². The molecule has 0 unspecified atom stereocenters. The monoisotopic (exact) mass is 1500 g/mol. The maximum atomic E-state index is 13.2. The summed E-state index contributed by atoms with van der Waals surface area (Å²) >= 11 is 0. The maximum Gasteiger partial charge on any atom is 0.307 e. The van der Waals surface area contributed by atoms with Crippen molar-refractivity contribution in [2.75, 3.05) is 132 Å². The Kier molecular flexibility index (Phi) is 74.7. The number of esters is 3. The van der Waals surface area contributed by atoms with Gasteiger partial charge in [0.25, 0.3) is 0 Å². The van der Waals surface area contributed by atoms with E-state index in [2.05, 4.69) is 49.4 Å². The van der Waals surface area contributed by atoms with Crippen molar-refractivity contribution in [1.82, 2.24) is 14.7 Å². The van der Waals surface area contributed by atoms with Crippen LogP contribution in [-0.2, 0) is 33.3 Å². The summed E-state index contributed by atoms with van der Waals surface area (Å²) in [7, 11) is 24.5. The van der Waals surface area contributed by atoms with Crippen LogP contribution in [0.1, 0.15) is 278 Å². The quantitative estimate of drug-likeness (QED) is 0.0190. The summed E-state index contributed by atoms with van der Waals surface area (Å²) in [4.78, 5) is 46.4. The van der Waals surface area contributed by atoms with Crippen LogP contribution in [0.25, 0.3) is 0 Å². The first kappa shape index (κ1) is 91.0. The molecule has 0 spiro atoms. The molecule has 0 aliphatic heterocycles. The molecule has 0 atom stereocenters. The van der Waals surface area contributed by atoms with Crippen LogP contribution in [0.15, 0.2) is 11.3 Å². The molecule has 91 heavy (non-hydrogen) atoms. The highest BCUT2D eigenvalue weighted by molar-refractivity contribution is 9.10. The first-order valence-corrected chi connectivity index (χ1v) is 51.7. The third-order valence-electron chi connectivity index (χ3n) is 15.9. The topological polar surface area (TPSA) is 97.9 Å². The molecule has 0 aromatic rings. The van der Waals surface area contributed by atoms with E-state index in [4.69, 9.17) is 18.9 Å². The molecule has 0 bridgehead atoms. The van der Waals surface area contributed by atoms with Crippen molar-refractivity contribution in [3.63, 3.8) is 0 Å². The SMILES string of the molecule is CCCCCCCCCCSSSCCOC(=O)CCN(CCC(=O)OCCSSSCCCCCCCCCC)CCN(C)CCN(CCC(=O)OCCSSSCCCCCCCCCC)CCC(OCCSSSCCCCCCCCCC)=C1CCC1. The molecular weight excluding hydrogens is 1370 g/mol. The summed E-state index contributed by atoms with van der Waals surface area (Å²) in [6, 6.07) is 0. The average molecular weight is 1500 g/mol. The van der Waals surface area contributed by atoms with E-state index in [-0.39, 0.29) is 30.7 Å². The molecule has 1 rings (SSSR count). The van der Waals surface area contributed by atoms with Gasteiger partial charge in [0, 0.05) is 105 Å². The molecule has 1 aliphatic rings. The van der Waals surface area contributed by atoms with Crippen molar-refractivity contribution in [1.29, 1.82) is 0 Å². The summed E-state index contributed by atoms with van der Waals surface area (Å²) in [6.07, 6.45) is 48.3. The molecule has 1 fully saturated rings. The van der Waals surface area contributed by atoms with Gasteiger partial charge in [-0.3, -0.25) is 14.4 Å². The fraction of sp³-hybridized carbons (Fsp3) is 0.928. The number of ether oxygens (including phenoxy) is 4. The van der Waals surface area contributed by atoms with Crippen LogP contribution >= 0.6 is 126 Å². The maximum absolute atomic E-state index is 13.2. The summed E-state index contributed by atoms with van der Waals surface area (Å²) in [5, 5.41) is 0. The smallest absolute Gasteiger partial charge is 0.307 e. The second-order valence-corrected chi connectivity index (χ2v) is 42.0. The highest BCUT2D eigenvalue weighted by Crippen LogP contribution is 2.38. The second-order valence-electron chi connectivity index (χ2n) is 24.1. The van der Waals surface area contributed by atoms with Gasteiger partial charge in [0.1, 0.15) is 19.8 Å². The van der Waals surface area contributed by atoms with Crippen LogP contribution in [0.2, 0.25) is 0 Å². The van der Waals surface area contributed by atoms with E-state index in [0.29, 0.717) is 52.4 Å². The summed E-state index contributed by atoms with van der Waals surface area (Å²) < 4.78 is 23.8. The van der Waals surface area contributed by atoms with Crippen molar-refractivity contribution >= 4 is 144 Å². The Labute approximate surface area is 607 Å². The van der Waals surface area contributed by atoms with Crippen LogP contribution in [0, 0.1) is 0 Å². The van der Waals surface area contributed by atoms with E-state index in [1.165, 1.54) is 240 Å². The van der Waals surface area contributed by atoms with Crippen LogP contribution in [-0.4, -0.2) is 164 Å². The molecule has 0 heterocycles. The number of nitrogens with zero attached hydrogens (tertiary/aromatic N) is 3. The van der Waals surface area contributed by atoms with Crippen molar-refractivity contribution in [3.8, 4) is 0 Å². The van der Waals surface area contributed by atoms with Gasteiger partial charge >= 0.3 is 17.9 Å². The van der Waals surface area contributed by atoms with E-state index < -0.39 is 0 Å². The van der Waals surface area contributed by atoms with Crippen LogP contribution in [0.4, 0.5) is 0 Å². The molecular formula is C69H133N3O7S12. The summed E-state index contributed by atoms with van der Waals surface area (Å²) in [5.41, 5.74) is 1.46. The molecule has 0 saturated heterocycles. The molecule has 0 N–H and O–H groups in total. The summed E-state index contributed by atoms with van der Waals surface area (Å²) in [6.45, 7) is 16.7. The molecule has 0 radical (unpaired) electrons. The molecule has 1 aliphatic carbocycles. The van der Waals surface area contributed by atoms with E-state index in [1.807, 2.05) is 93.3 Å². The lowest BCUT2D eigenvalue weighted by atomic mass is 9.90. The van der Waals surface area contributed by atoms with Crippen molar-refractivity contribution in [2.45, 2.75) is 278 Å². The number of likely N-dealkylation sites (N-methyl/N-ethyl adjacent to an activating group) is 1. The molecule has 22 heteroatoms. The normalized spacial score (nSPS) is 12.4. The Morgan fingerprint density at radius 3 is 0.835 bits per heavy atom. The minimum absolute atomic E-state index is 0.131. The van der Waals surface area contributed by atoms with Gasteiger partial charge in [-0.2, -0.15) is 0 Å². The minimum atomic E-state index is -0.190. The number of carbonyl (C=O) groups excluding carboxylic acids is 3. The Hall–Kier alpha value is 2.03. The standard InChI is InChI=1S/C69H133N3O7S12/c1-6-10-14-18-22-26-30-34-57-80-88-84-61-53-76-66(65-39-38-40-65)41-45-71(46-42-67(73)77-54-62-85-89-81-58-35-31-27-23-19-15-11-7-2)51-49-70(5)50-52-72(47-43-68(74)78-55-63-86-90-82-59-36-32-28-24-20-16-12-8-3)48-44-69(75)79-56-64-87-91-83-60-37-33-29-25-21-17-13-9-4/h6-64H2,1-5H3. The molecule has 0 aromatic carbocycles. The summed E-state index contributed by atoms with van der Waals surface area (Å²) in [5.74, 6) is 8.69. The van der Waals surface area contributed by atoms with Crippen molar-refractivity contribution < 1.29 is 33.3 Å². The minimum Gasteiger partial charge on any atom is -0.497 e. The van der Waals surface area contributed by atoms with Crippen molar-refractivity contribution in [2.24, 2.45) is 0 Å². The average Bonchev–Trinajstić information content (AvgIpc) is 3.74. The first-order valence-electron chi connectivity index (χ1n) is 36.4. The van der Waals surface area contributed by atoms with E-state index in [1.54, 1.807) is 32.4 Å². The third-order valence-corrected chi connectivity index (χ3v) is 33.1. The zero-order chi connectivity index (χ0) is 65.7. The lowest BCUT2D eigenvalue weighted by molar-refractivity contribution is -0.144. The van der Waals surface area contributed by atoms with Crippen LogP contribution in [0.5, 0.6) is 0 Å². The zero-order valence-electron chi connectivity index (χ0n) is 58.3. The van der Waals surface area contributed by atoms with Gasteiger partial charge in [-0.25, -0.2) is 0 Å². The largest absolute Gasteiger partial charge is 0.497 e. The van der Waals surface area contributed by atoms with E-state index >= 15 is 0 Å². The van der Waals surface area contributed by atoms with Crippen molar-refractivity contribution in [3.05, 3.63) is 11.3 Å².